The third-order valence-electron chi connectivity index (χ3n) is 4.79. The van der Waals surface area contributed by atoms with Crippen molar-refractivity contribution >= 4 is 33.4 Å². The third kappa shape index (κ3) is 1.60. The second-order valence-corrected chi connectivity index (χ2v) is 6.70. The lowest BCUT2D eigenvalue weighted by Crippen LogP contribution is -2.33. The van der Waals surface area contributed by atoms with E-state index in [0.717, 1.165) is 10.9 Å². The van der Waals surface area contributed by atoms with Crippen LogP contribution in [0, 0.1) is 35.0 Å². The van der Waals surface area contributed by atoms with Crippen LogP contribution in [0.2, 0.25) is 0 Å². The quantitative estimate of drug-likeness (QED) is 0.582. The van der Waals surface area contributed by atoms with Crippen molar-refractivity contribution in [3.8, 4) is 6.07 Å². The molecule has 4 nitrogen and oxygen atoms in total. The summed E-state index contributed by atoms with van der Waals surface area (Å²) >= 11 is 3.30. The number of rotatable bonds is 1. The highest BCUT2D eigenvalue weighted by molar-refractivity contribution is 9.10. The summed E-state index contributed by atoms with van der Waals surface area (Å²) in [6.07, 6.45) is 5.03. The van der Waals surface area contributed by atoms with Crippen LogP contribution in [0.1, 0.15) is 12.0 Å². The Labute approximate surface area is 130 Å². The van der Waals surface area contributed by atoms with Crippen LogP contribution in [0.3, 0.4) is 0 Å². The van der Waals surface area contributed by atoms with Crippen LogP contribution in [0.4, 0.5) is 5.69 Å². The predicted molar refractivity (Wildman–Crippen MR) is 79.1 cm³/mol. The number of anilines is 1. The van der Waals surface area contributed by atoms with Gasteiger partial charge in [0.15, 0.2) is 0 Å². The summed E-state index contributed by atoms with van der Waals surface area (Å²) < 4.78 is 0.754. The molecule has 2 bridgehead atoms. The second kappa shape index (κ2) is 4.28. The van der Waals surface area contributed by atoms with Crippen LogP contribution in [-0.2, 0) is 9.59 Å². The first-order chi connectivity index (χ1) is 10.1. The molecule has 1 saturated carbocycles. The summed E-state index contributed by atoms with van der Waals surface area (Å²) in [5, 5.41) is 9.26. The zero-order chi connectivity index (χ0) is 14.7. The van der Waals surface area contributed by atoms with Crippen LogP contribution in [0.25, 0.3) is 0 Å². The Morgan fingerprint density at radius 3 is 2.33 bits per heavy atom. The largest absolute Gasteiger partial charge is 0.274 e. The summed E-state index contributed by atoms with van der Waals surface area (Å²) in [5.41, 5.74) is 0.746. The van der Waals surface area contributed by atoms with Gasteiger partial charge in [-0.1, -0.05) is 28.1 Å². The van der Waals surface area contributed by atoms with Gasteiger partial charge in [0.1, 0.15) is 6.07 Å². The summed E-state index contributed by atoms with van der Waals surface area (Å²) in [4.78, 5) is 26.6. The van der Waals surface area contributed by atoms with Crippen molar-refractivity contribution in [2.75, 3.05) is 4.90 Å². The fourth-order valence-corrected chi connectivity index (χ4v) is 4.29. The van der Waals surface area contributed by atoms with Gasteiger partial charge in [0, 0.05) is 4.47 Å². The third-order valence-corrected chi connectivity index (χ3v) is 5.28. The van der Waals surface area contributed by atoms with Crippen molar-refractivity contribution in [1.82, 2.24) is 0 Å². The number of carbonyl (C=O) groups is 2. The first-order valence-electron chi connectivity index (χ1n) is 6.87. The standard InChI is InChI=1S/C16H11BrN2O2/c17-11-3-4-12(10(6-11)7-18)19-15(20)13-8-1-2-9(5-8)14(13)16(19)21/h1-4,6,8-9,13-14H,5H2. The minimum absolute atomic E-state index is 0.152. The number of hydrogen-bond acceptors (Lipinski definition) is 3. The maximum absolute atomic E-state index is 12.7. The normalized spacial score (nSPS) is 32.7. The van der Waals surface area contributed by atoms with E-state index in [9.17, 15) is 14.9 Å². The van der Waals surface area contributed by atoms with Gasteiger partial charge in [-0.25, -0.2) is 4.90 Å². The number of allylic oxidation sites excluding steroid dienone is 2. The molecule has 1 aromatic carbocycles. The first kappa shape index (κ1) is 12.8. The van der Waals surface area contributed by atoms with Crippen LogP contribution in [-0.4, -0.2) is 11.8 Å². The number of benzene rings is 1. The summed E-state index contributed by atoms with van der Waals surface area (Å²) in [5.74, 6) is -0.406. The Bertz CT molecular complexity index is 719. The van der Waals surface area contributed by atoms with Gasteiger partial charge in [-0.05, 0) is 36.5 Å². The van der Waals surface area contributed by atoms with E-state index in [1.165, 1.54) is 4.90 Å². The lowest BCUT2D eigenvalue weighted by Gasteiger charge is -2.18. The van der Waals surface area contributed by atoms with Gasteiger partial charge >= 0.3 is 0 Å². The zero-order valence-corrected chi connectivity index (χ0v) is 12.6. The molecule has 1 aliphatic heterocycles. The molecule has 0 spiro atoms. The van der Waals surface area contributed by atoms with Gasteiger partial charge in [-0.2, -0.15) is 5.26 Å². The average Bonchev–Trinajstić information content (AvgIpc) is 3.14. The van der Waals surface area contributed by atoms with Crippen LogP contribution in [0.15, 0.2) is 34.8 Å². The molecule has 104 valence electrons. The molecule has 5 heteroatoms. The molecule has 21 heavy (non-hydrogen) atoms. The number of halogens is 1. The molecule has 1 aromatic rings. The second-order valence-electron chi connectivity index (χ2n) is 5.79. The molecule has 2 fully saturated rings. The molecule has 2 amide bonds. The number of amides is 2. The van der Waals surface area contributed by atoms with Crippen molar-refractivity contribution in [2.45, 2.75) is 6.42 Å². The fraction of sp³-hybridized carbons (Fsp3) is 0.312. The van der Waals surface area contributed by atoms with E-state index in [0.29, 0.717) is 11.3 Å². The number of hydrogen-bond donors (Lipinski definition) is 0. The van der Waals surface area contributed by atoms with Crippen molar-refractivity contribution in [3.63, 3.8) is 0 Å². The topological polar surface area (TPSA) is 61.2 Å². The van der Waals surface area contributed by atoms with Crippen LogP contribution in [0.5, 0.6) is 0 Å². The van der Waals surface area contributed by atoms with Gasteiger partial charge in [-0.3, -0.25) is 9.59 Å². The molecule has 4 rings (SSSR count). The van der Waals surface area contributed by atoms with E-state index in [2.05, 4.69) is 34.2 Å². The van der Waals surface area contributed by atoms with E-state index < -0.39 is 0 Å². The summed E-state index contributed by atoms with van der Waals surface area (Å²) in [7, 11) is 0. The average molecular weight is 343 g/mol. The zero-order valence-electron chi connectivity index (χ0n) is 11.0. The van der Waals surface area contributed by atoms with E-state index in [4.69, 9.17) is 0 Å². The number of fused-ring (bicyclic) bond motifs is 5. The van der Waals surface area contributed by atoms with Crippen molar-refractivity contribution in [3.05, 3.63) is 40.4 Å². The highest BCUT2D eigenvalue weighted by Gasteiger charge is 2.59. The minimum Gasteiger partial charge on any atom is -0.274 e. The smallest absolute Gasteiger partial charge is 0.238 e. The van der Waals surface area contributed by atoms with Crippen molar-refractivity contribution in [2.24, 2.45) is 23.7 Å². The Morgan fingerprint density at radius 2 is 1.76 bits per heavy atom. The monoisotopic (exact) mass is 342 g/mol. The molecular formula is C16H11BrN2O2. The van der Waals surface area contributed by atoms with Gasteiger partial charge in [0.25, 0.3) is 0 Å². The Morgan fingerprint density at radius 1 is 1.14 bits per heavy atom. The maximum Gasteiger partial charge on any atom is 0.238 e. The van der Waals surface area contributed by atoms with Gasteiger partial charge in [0.2, 0.25) is 11.8 Å². The Balaban J connectivity index is 1.80. The minimum atomic E-state index is -0.234. The number of carbonyl (C=O) groups excluding carboxylic acids is 2. The molecule has 1 saturated heterocycles. The maximum atomic E-state index is 12.7. The van der Waals surface area contributed by atoms with E-state index in [1.807, 2.05) is 0 Å². The van der Waals surface area contributed by atoms with Crippen molar-refractivity contribution < 1.29 is 9.59 Å². The predicted octanol–water partition coefficient (Wildman–Crippen LogP) is 2.63. The highest BCUT2D eigenvalue weighted by atomic mass is 79.9. The van der Waals surface area contributed by atoms with Gasteiger partial charge < -0.3 is 0 Å². The number of imide groups is 1. The Kier molecular flexibility index (Phi) is 2.61. The highest BCUT2D eigenvalue weighted by Crippen LogP contribution is 2.53. The summed E-state index contributed by atoms with van der Waals surface area (Å²) in [6.45, 7) is 0. The molecule has 0 N–H and O–H groups in total. The molecular weight excluding hydrogens is 332 g/mol. The summed E-state index contributed by atoms with van der Waals surface area (Å²) in [6, 6.07) is 7.11. The molecule has 0 aromatic heterocycles. The lowest BCUT2D eigenvalue weighted by molar-refractivity contribution is -0.123. The first-order valence-corrected chi connectivity index (χ1v) is 7.67. The molecule has 3 aliphatic rings. The van der Waals surface area contributed by atoms with Crippen LogP contribution < -0.4 is 4.90 Å². The molecule has 4 atom stereocenters. The molecule has 4 unspecified atom stereocenters. The van der Waals surface area contributed by atoms with E-state index in [1.54, 1.807) is 18.2 Å². The SMILES string of the molecule is N#Cc1cc(Br)ccc1N1C(=O)C2C3C=CC(C3)C2C1=O. The number of nitrogens with zero attached hydrogens (tertiary/aromatic N) is 2. The van der Waals surface area contributed by atoms with E-state index >= 15 is 0 Å². The fourth-order valence-electron chi connectivity index (χ4n) is 3.93. The molecule has 2 aliphatic carbocycles. The molecule has 0 radical (unpaired) electrons. The Hall–Kier alpha value is -1.93. The van der Waals surface area contributed by atoms with Crippen LogP contribution >= 0.6 is 15.9 Å². The van der Waals surface area contributed by atoms with Gasteiger partial charge in [0.05, 0.1) is 23.1 Å². The number of nitriles is 1. The molecule has 1 heterocycles. The lowest BCUT2D eigenvalue weighted by atomic mass is 9.85. The van der Waals surface area contributed by atoms with E-state index in [-0.39, 0.29) is 35.5 Å². The van der Waals surface area contributed by atoms with Gasteiger partial charge in [-0.15, -0.1) is 0 Å². The van der Waals surface area contributed by atoms with Crippen molar-refractivity contribution in [1.29, 1.82) is 5.26 Å².